The van der Waals surface area contributed by atoms with Gasteiger partial charge in [-0.15, -0.1) is 11.3 Å². The maximum atomic E-state index is 12.3. The third kappa shape index (κ3) is 3.79. The number of rotatable bonds is 7. The molecule has 1 aliphatic rings. The van der Waals surface area contributed by atoms with Crippen LogP contribution < -0.4 is 5.32 Å². The second-order valence-corrected chi connectivity index (χ2v) is 7.62. The molecule has 0 amide bonds. The fourth-order valence-corrected chi connectivity index (χ4v) is 5.09. The number of carbonyl (C=O) groups is 1. The Kier molecular flexibility index (Phi) is 6.08. The minimum atomic E-state index is -0.477. The molecule has 1 heterocycles. The van der Waals surface area contributed by atoms with Gasteiger partial charge in [0.1, 0.15) is 9.88 Å². The predicted octanol–water partition coefficient (Wildman–Crippen LogP) is 3.26. The van der Waals surface area contributed by atoms with Crippen molar-refractivity contribution in [1.82, 2.24) is 10.3 Å². The average molecular weight is 329 g/mol. The molecule has 0 radical (unpaired) electrons. The predicted molar refractivity (Wildman–Crippen MR) is 88.0 cm³/mol. The molecule has 21 heavy (non-hydrogen) atoms. The third-order valence-electron chi connectivity index (χ3n) is 4.20. The number of hydrogen-bond acceptors (Lipinski definition) is 6. The lowest BCUT2D eigenvalue weighted by atomic mass is 9.85. The second kappa shape index (κ2) is 7.61. The van der Waals surface area contributed by atoms with Gasteiger partial charge in [-0.1, -0.05) is 18.2 Å². The molecule has 1 aromatic heterocycles. The van der Waals surface area contributed by atoms with Crippen LogP contribution in [-0.4, -0.2) is 35.9 Å². The molecular formula is C15H24N2O2S2. The van der Waals surface area contributed by atoms with Gasteiger partial charge in [-0.2, -0.15) is 0 Å². The molecule has 1 N–H and O–H groups in total. The highest BCUT2D eigenvalue weighted by Gasteiger charge is 2.48. The summed E-state index contributed by atoms with van der Waals surface area (Å²) in [4.78, 5) is 16.8. The molecule has 6 heteroatoms. The molecule has 0 spiro atoms. The SMILES string of the molecule is CCOC(=O)C1(NC)CCCC1CCSc1nc(C)cs1. The van der Waals surface area contributed by atoms with E-state index in [4.69, 9.17) is 4.74 Å². The molecule has 4 nitrogen and oxygen atoms in total. The number of likely N-dealkylation sites (N-methyl/N-ethyl adjacent to an activating group) is 1. The van der Waals surface area contributed by atoms with Crippen LogP contribution in [0.25, 0.3) is 0 Å². The standard InChI is InChI=1S/C15H24N2O2S2/c1-4-19-13(18)15(16-3)8-5-6-12(15)7-9-20-14-17-11(2)10-21-14/h10,12,16H,4-9H2,1-3H3. The molecule has 0 bridgehead atoms. The summed E-state index contributed by atoms with van der Waals surface area (Å²) >= 11 is 3.49. The molecular weight excluding hydrogens is 304 g/mol. The lowest BCUT2D eigenvalue weighted by molar-refractivity contribution is -0.152. The summed E-state index contributed by atoms with van der Waals surface area (Å²) in [7, 11) is 1.88. The number of aromatic nitrogens is 1. The normalized spacial score (nSPS) is 25.2. The van der Waals surface area contributed by atoms with E-state index in [-0.39, 0.29) is 5.97 Å². The van der Waals surface area contributed by atoms with Gasteiger partial charge in [0.15, 0.2) is 0 Å². The van der Waals surface area contributed by atoms with Crippen LogP contribution in [0.5, 0.6) is 0 Å². The molecule has 1 aromatic rings. The highest BCUT2D eigenvalue weighted by molar-refractivity contribution is 8.01. The second-order valence-electron chi connectivity index (χ2n) is 5.42. The summed E-state index contributed by atoms with van der Waals surface area (Å²) in [5, 5.41) is 5.35. The van der Waals surface area contributed by atoms with Gasteiger partial charge in [0.2, 0.25) is 0 Å². The van der Waals surface area contributed by atoms with Crippen molar-refractivity contribution in [1.29, 1.82) is 0 Å². The number of esters is 1. The van der Waals surface area contributed by atoms with Crippen LogP contribution in [0.3, 0.4) is 0 Å². The Labute approximate surface area is 135 Å². The molecule has 0 aromatic carbocycles. The Bertz CT molecular complexity index is 478. The van der Waals surface area contributed by atoms with E-state index in [9.17, 15) is 4.79 Å². The van der Waals surface area contributed by atoms with Crippen LogP contribution in [-0.2, 0) is 9.53 Å². The summed E-state index contributed by atoms with van der Waals surface area (Å²) in [6.45, 7) is 4.33. The van der Waals surface area contributed by atoms with Gasteiger partial charge in [0.25, 0.3) is 0 Å². The molecule has 118 valence electrons. The van der Waals surface area contributed by atoms with Crippen molar-refractivity contribution >= 4 is 29.1 Å². The third-order valence-corrected chi connectivity index (χ3v) is 6.37. The number of aryl methyl sites for hydroxylation is 1. The first-order valence-corrected chi connectivity index (χ1v) is 9.40. The fourth-order valence-electron chi connectivity index (χ4n) is 3.12. The van der Waals surface area contributed by atoms with E-state index in [2.05, 4.69) is 15.7 Å². The van der Waals surface area contributed by atoms with E-state index in [0.717, 1.165) is 41.5 Å². The van der Waals surface area contributed by atoms with E-state index in [1.807, 2.05) is 20.9 Å². The van der Waals surface area contributed by atoms with Crippen molar-refractivity contribution in [2.75, 3.05) is 19.4 Å². The van der Waals surface area contributed by atoms with Gasteiger partial charge in [-0.25, -0.2) is 4.98 Å². The van der Waals surface area contributed by atoms with Crippen molar-refractivity contribution in [3.8, 4) is 0 Å². The van der Waals surface area contributed by atoms with Crippen LogP contribution >= 0.6 is 23.1 Å². The van der Waals surface area contributed by atoms with Gasteiger partial charge >= 0.3 is 5.97 Å². The van der Waals surface area contributed by atoms with E-state index in [1.165, 1.54) is 0 Å². The van der Waals surface area contributed by atoms with Gasteiger partial charge in [0.05, 0.1) is 6.61 Å². The van der Waals surface area contributed by atoms with Crippen LogP contribution in [0.2, 0.25) is 0 Å². The zero-order chi connectivity index (χ0) is 15.3. The Morgan fingerprint density at radius 3 is 3.10 bits per heavy atom. The van der Waals surface area contributed by atoms with Gasteiger partial charge in [0, 0.05) is 16.8 Å². The van der Waals surface area contributed by atoms with Crippen LogP contribution in [0.1, 0.15) is 38.3 Å². The Hall–Kier alpha value is -0.590. The Morgan fingerprint density at radius 2 is 2.48 bits per heavy atom. The highest BCUT2D eigenvalue weighted by atomic mass is 32.2. The van der Waals surface area contributed by atoms with Crippen molar-refractivity contribution in [2.45, 2.75) is 49.4 Å². The summed E-state index contributed by atoms with van der Waals surface area (Å²) < 4.78 is 6.42. The minimum Gasteiger partial charge on any atom is -0.465 e. The number of nitrogens with one attached hydrogen (secondary N) is 1. The molecule has 2 unspecified atom stereocenters. The Morgan fingerprint density at radius 1 is 1.67 bits per heavy atom. The fraction of sp³-hybridized carbons (Fsp3) is 0.733. The summed E-state index contributed by atoms with van der Waals surface area (Å²) in [5.41, 5.74) is 0.606. The molecule has 1 fully saturated rings. The van der Waals surface area contributed by atoms with Gasteiger partial charge in [-0.3, -0.25) is 4.79 Å². The number of hydrogen-bond donors (Lipinski definition) is 1. The number of carbonyl (C=O) groups excluding carboxylic acids is 1. The lowest BCUT2D eigenvalue weighted by Gasteiger charge is -2.32. The monoisotopic (exact) mass is 328 g/mol. The van der Waals surface area contributed by atoms with Crippen molar-refractivity contribution < 1.29 is 9.53 Å². The largest absolute Gasteiger partial charge is 0.465 e. The van der Waals surface area contributed by atoms with Gasteiger partial charge < -0.3 is 10.1 Å². The highest BCUT2D eigenvalue weighted by Crippen LogP contribution is 2.40. The first-order valence-electron chi connectivity index (χ1n) is 7.53. The molecule has 2 atom stereocenters. The first-order chi connectivity index (χ1) is 10.1. The van der Waals surface area contributed by atoms with E-state index < -0.39 is 5.54 Å². The Balaban J connectivity index is 1.92. The van der Waals surface area contributed by atoms with Crippen LogP contribution in [0, 0.1) is 12.8 Å². The van der Waals surface area contributed by atoms with Crippen LogP contribution in [0.4, 0.5) is 0 Å². The van der Waals surface area contributed by atoms with E-state index in [0.29, 0.717) is 12.5 Å². The van der Waals surface area contributed by atoms with Crippen molar-refractivity contribution in [3.05, 3.63) is 11.1 Å². The smallest absolute Gasteiger partial charge is 0.326 e. The lowest BCUT2D eigenvalue weighted by Crippen LogP contribution is -2.54. The van der Waals surface area contributed by atoms with E-state index >= 15 is 0 Å². The summed E-state index contributed by atoms with van der Waals surface area (Å²) in [6, 6.07) is 0. The topological polar surface area (TPSA) is 51.2 Å². The molecule has 2 rings (SSSR count). The number of nitrogens with zero attached hydrogens (tertiary/aromatic N) is 1. The molecule has 1 aliphatic carbocycles. The molecule has 0 saturated heterocycles. The van der Waals surface area contributed by atoms with Crippen molar-refractivity contribution in [2.24, 2.45) is 5.92 Å². The number of thioether (sulfide) groups is 1. The van der Waals surface area contributed by atoms with Crippen molar-refractivity contribution in [3.63, 3.8) is 0 Å². The summed E-state index contributed by atoms with van der Waals surface area (Å²) in [6.07, 6.45) is 4.08. The quantitative estimate of drug-likeness (QED) is 0.615. The maximum Gasteiger partial charge on any atom is 0.326 e. The number of ether oxygens (including phenoxy) is 1. The maximum absolute atomic E-state index is 12.3. The zero-order valence-corrected chi connectivity index (χ0v) is 14.6. The summed E-state index contributed by atoms with van der Waals surface area (Å²) in [5.74, 6) is 1.28. The minimum absolute atomic E-state index is 0.0786. The first kappa shape index (κ1) is 16.8. The van der Waals surface area contributed by atoms with E-state index in [1.54, 1.807) is 23.1 Å². The molecule has 1 saturated carbocycles. The van der Waals surface area contributed by atoms with Gasteiger partial charge in [-0.05, 0) is 46.1 Å². The molecule has 0 aliphatic heterocycles. The zero-order valence-electron chi connectivity index (χ0n) is 13.0. The number of thiazole rings is 1. The average Bonchev–Trinajstić information content (AvgIpc) is 3.06. The van der Waals surface area contributed by atoms with Crippen LogP contribution in [0.15, 0.2) is 9.72 Å².